The normalized spacial score (nSPS) is 30.8. The summed E-state index contributed by atoms with van der Waals surface area (Å²) in [5.41, 5.74) is 2.84. The summed E-state index contributed by atoms with van der Waals surface area (Å²) in [7, 11) is 0. The van der Waals surface area contributed by atoms with Crippen molar-refractivity contribution in [2.75, 3.05) is 0 Å². The molecule has 0 aromatic rings. The molecule has 1 aliphatic heterocycles. The fraction of sp³-hybridized carbons (Fsp3) is 0.636. The molecule has 1 rings (SSSR count). The van der Waals surface area contributed by atoms with Crippen molar-refractivity contribution in [3.63, 3.8) is 0 Å². The molecule has 1 unspecified atom stereocenters. The second kappa shape index (κ2) is 4.34. The molecule has 0 aromatic heterocycles. The van der Waals surface area contributed by atoms with Gasteiger partial charge in [0.1, 0.15) is 0 Å². The first kappa shape index (κ1) is 9.37. The van der Waals surface area contributed by atoms with Gasteiger partial charge in [-0.1, -0.05) is 19.1 Å². The van der Waals surface area contributed by atoms with Gasteiger partial charge < -0.3 is 5.32 Å². The van der Waals surface area contributed by atoms with Crippen LogP contribution in [0, 0.1) is 0 Å². The van der Waals surface area contributed by atoms with Crippen LogP contribution in [0.2, 0.25) is 0 Å². The van der Waals surface area contributed by atoms with E-state index in [0.717, 1.165) is 6.42 Å². The number of rotatable bonds is 1. The van der Waals surface area contributed by atoms with E-state index >= 15 is 0 Å². The molecule has 1 fully saturated rings. The number of hydrogen-bond acceptors (Lipinski definition) is 1. The Morgan fingerprint density at radius 1 is 1.58 bits per heavy atom. The lowest BCUT2D eigenvalue weighted by Crippen LogP contribution is -2.30. The van der Waals surface area contributed by atoms with Crippen LogP contribution in [-0.4, -0.2) is 6.04 Å². The first-order valence-corrected chi connectivity index (χ1v) is 4.90. The molecular weight excluding hydrogens is 146 g/mol. The summed E-state index contributed by atoms with van der Waals surface area (Å²) < 4.78 is 0. The topological polar surface area (TPSA) is 12.0 Å². The number of hydrogen-bond donors (Lipinski definition) is 1. The molecule has 1 nitrogen and oxygen atoms in total. The Labute approximate surface area is 75.6 Å². The van der Waals surface area contributed by atoms with E-state index in [1.807, 2.05) is 0 Å². The van der Waals surface area contributed by atoms with Crippen LogP contribution >= 0.6 is 0 Å². The molecule has 1 heteroatoms. The van der Waals surface area contributed by atoms with E-state index in [-0.39, 0.29) is 0 Å². The minimum atomic E-state index is 0.644. The van der Waals surface area contributed by atoms with Gasteiger partial charge in [0.2, 0.25) is 0 Å². The van der Waals surface area contributed by atoms with E-state index in [1.165, 1.54) is 24.1 Å². The van der Waals surface area contributed by atoms with Gasteiger partial charge in [-0.2, -0.15) is 0 Å². The van der Waals surface area contributed by atoms with Crippen molar-refractivity contribution < 1.29 is 0 Å². The molecule has 68 valence electrons. The van der Waals surface area contributed by atoms with E-state index < -0.39 is 0 Å². The molecule has 0 saturated carbocycles. The Bertz CT molecular complexity index is 201. The van der Waals surface area contributed by atoms with Crippen LogP contribution in [0.15, 0.2) is 23.4 Å². The van der Waals surface area contributed by atoms with E-state index in [4.69, 9.17) is 0 Å². The summed E-state index contributed by atoms with van der Waals surface area (Å²) in [6.07, 6.45) is 8.15. The van der Waals surface area contributed by atoms with Gasteiger partial charge in [0.25, 0.3) is 0 Å². The van der Waals surface area contributed by atoms with Crippen LogP contribution in [0.25, 0.3) is 0 Å². The second-order valence-corrected chi connectivity index (χ2v) is 3.42. The third-order valence-corrected chi connectivity index (χ3v) is 2.33. The van der Waals surface area contributed by atoms with Gasteiger partial charge in [0.15, 0.2) is 0 Å². The van der Waals surface area contributed by atoms with E-state index in [2.05, 4.69) is 38.2 Å². The number of allylic oxidation sites excluding steroid dienone is 3. The highest BCUT2D eigenvalue weighted by Gasteiger charge is 2.14. The standard InChI is InChI=1S/C11H19N/c1-4-6-10-8-7-9(3)12-11(10)5-2/h5-6,9,12H,4,7-8H2,1-3H3/b10-6-,11-5+. The second-order valence-electron chi connectivity index (χ2n) is 3.42. The maximum atomic E-state index is 3.49. The van der Waals surface area contributed by atoms with Crippen LogP contribution in [0.4, 0.5) is 0 Å². The maximum Gasteiger partial charge on any atom is 0.0328 e. The molecule has 0 aliphatic carbocycles. The van der Waals surface area contributed by atoms with Crippen molar-refractivity contribution in [1.82, 2.24) is 5.32 Å². The van der Waals surface area contributed by atoms with Gasteiger partial charge in [0, 0.05) is 11.7 Å². The Morgan fingerprint density at radius 2 is 2.33 bits per heavy atom. The molecule has 12 heavy (non-hydrogen) atoms. The van der Waals surface area contributed by atoms with Crippen LogP contribution in [-0.2, 0) is 0 Å². The lowest BCUT2D eigenvalue weighted by molar-refractivity contribution is 0.529. The van der Waals surface area contributed by atoms with Gasteiger partial charge >= 0.3 is 0 Å². The zero-order valence-electron chi connectivity index (χ0n) is 8.35. The molecule has 0 radical (unpaired) electrons. The Balaban J connectivity index is 2.70. The molecular formula is C11H19N. The summed E-state index contributed by atoms with van der Waals surface area (Å²) in [6, 6.07) is 0.644. The molecule has 1 saturated heterocycles. The zero-order chi connectivity index (χ0) is 8.97. The maximum absolute atomic E-state index is 3.49. The molecule has 0 bridgehead atoms. The molecule has 1 N–H and O–H groups in total. The SMILES string of the molecule is C/C=C1/NC(C)CC/C1=C/CC. The number of nitrogens with one attached hydrogen (secondary N) is 1. The van der Waals surface area contributed by atoms with Gasteiger partial charge in [-0.25, -0.2) is 0 Å². The van der Waals surface area contributed by atoms with Gasteiger partial charge in [-0.3, -0.25) is 0 Å². The first-order valence-electron chi connectivity index (χ1n) is 4.90. The first-order chi connectivity index (χ1) is 5.77. The van der Waals surface area contributed by atoms with Crippen molar-refractivity contribution in [1.29, 1.82) is 0 Å². The van der Waals surface area contributed by atoms with Crippen molar-refractivity contribution in [2.45, 2.75) is 46.1 Å². The number of piperidine rings is 1. The molecule has 1 heterocycles. The smallest absolute Gasteiger partial charge is 0.0328 e. The molecule has 0 spiro atoms. The summed E-state index contributed by atoms with van der Waals surface area (Å²) >= 11 is 0. The predicted molar refractivity (Wildman–Crippen MR) is 54.0 cm³/mol. The Hall–Kier alpha value is -0.720. The summed E-state index contributed by atoms with van der Waals surface area (Å²) in [4.78, 5) is 0. The van der Waals surface area contributed by atoms with Crippen molar-refractivity contribution in [3.8, 4) is 0 Å². The summed E-state index contributed by atoms with van der Waals surface area (Å²) in [6.45, 7) is 6.54. The van der Waals surface area contributed by atoms with Crippen LogP contribution in [0.1, 0.15) is 40.0 Å². The van der Waals surface area contributed by atoms with Crippen molar-refractivity contribution in [2.24, 2.45) is 0 Å². The third kappa shape index (κ3) is 2.13. The largest absolute Gasteiger partial charge is 0.383 e. The highest BCUT2D eigenvalue weighted by Crippen LogP contribution is 2.22. The fourth-order valence-electron chi connectivity index (χ4n) is 1.66. The zero-order valence-corrected chi connectivity index (χ0v) is 8.35. The minimum Gasteiger partial charge on any atom is -0.383 e. The van der Waals surface area contributed by atoms with Gasteiger partial charge in [-0.05, 0) is 38.7 Å². The third-order valence-electron chi connectivity index (χ3n) is 2.33. The molecule has 1 atom stereocenters. The highest BCUT2D eigenvalue weighted by atomic mass is 14.9. The van der Waals surface area contributed by atoms with E-state index in [9.17, 15) is 0 Å². The fourth-order valence-corrected chi connectivity index (χ4v) is 1.66. The van der Waals surface area contributed by atoms with Crippen molar-refractivity contribution in [3.05, 3.63) is 23.4 Å². The summed E-state index contributed by atoms with van der Waals surface area (Å²) in [5, 5.41) is 3.49. The Kier molecular flexibility index (Phi) is 3.39. The monoisotopic (exact) mass is 165 g/mol. The molecule has 0 aromatic carbocycles. The van der Waals surface area contributed by atoms with E-state index in [1.54, 1.807) is 0 Å². The van der Waals surface area contributed by atoms with Gasteiger partial charge in [-0.15, -0.1) is 0 Å². The predicted octanol–water partition coefficient (Wildman–Crippen LogP) is 3.00. The lowest BCUT2D eigenvalue weighted by Gasteiger charge is -2.26. The average molecular weight is 165 g/mol. The van der Waals surface area contributed by atoms with E-state index in [0.29, 0.717) is 6.04 Å². The molecule has 1 aliphatic rings. The average Bonchev–Trinajstić information content (AvgIpc) is 2.08. The quantitative estimate of drug-likeness (QED) is 0.630. The lowest BCUT2D eigenvalue weighted by atomic mass is 9.97. The van der Waals surface area contributed by atoms with Gasteiger partial charge in [0.05, 0.1) is 0 Å². The van der Waals surface area contributed by atoms with Crippen LogP contribution in [0.3, 0.4) is 0 Å². The van der Waals surface area contributed by atoms with Crippen LogP contribution in [0.5, 0.6) is 0 Å². The van der Waals surface area contributed by atoms with Crippen molar-refractivity contribution >= 4 is 0 Å². The summed E-state index contributed by atoms with van der Waals surface area (Å²) in [5.74, 6) is 0. The Morgan fingerprint density at radius 3 is 2.92 bits per heavy atom. The molecule has 0 amide bonds. The highest BCUT2D eigenvalue weighted by molar-refractivity contribution is 5.31. The minimum absolute atomic E-state index is 0.644. The van der Waals surface area contributed by atoms with Crippen LogP contribution < -0.4 is 5.32 Å².